The van der Waals surface area contributed by atoms with Crippen molar-refractivity contribution >= 4 is 11.8 Å². The lowest BCUT2D eigenvalue weighted by atomic mass is 9.96. The summed E-state index contributed by atoms with van der Waals surface area (Å²) >= 11 is 0. The number of aliphatic hydroxyl groups is 12. The number of unbranched alkanes of at least 4 members (excludes halogenated alkanes) is 29. The van der Waals surface area contributed by atoms with E-state index in [2.05, 4.69) is 24.5 Å². The molecule has 490 valence electrons. The average Bonchev–Trinajstić information content (AvgIpc) is 3.26. The molecule has 3 rings (SSSR count). The van der Waals surface area contributed by atoms with Gasteiger partial charge in [-0.25, -0.2) is 0 Å². The highest BCUT2D eigenvalue weighted by molar-refractivity contribution is 5.80. The highest BCUT2D eigenvalue weighted by Crippen LogP contribution is 2.32. The SMILES string of the molecule is CCCCCCCCCCCCCCCCCCCCC(O)C(=O)NC(COC1OC(COC2OC(CO)C(O)C(O)C2NC(C)=O)C(O)C(O)C1OC1OC(CO)C(O)C(O)C1O)C(O)C(O)CCCCCCCCCCCCCCC. The summed E-state index contributed by atoms with van der Waals surface area (Å²) in [6.07, 6.45) is 7.18. The molecule has 3 aliphatic heterocycles. The first-order chi connectivity index (χ1) is 40.0. The molecule has 0 aliphatic carbocycles. The lowest BCUT2D eigenvalue weighted by Crippen LogP contribution is -2.66. The molecule has 0 aromatic carbocycles. The number of nitrogens with one attached hydrogen (secondary N) is 2. The van der Waals surface area contributed by atoms with Crippen LogP contribution in [0.5, 0.6) is 0 Å². The van der Waals surface area contributed by atoms with Gasteiger partial charge in [-0.05, 0) is 12.8 Å². The summed E-state index contributed by atoms with van der Waals surface area (Å²) in [4.78, 5) is 25.8. The zero-order valence-corrected chi connectivity index (χ0v) is 50.8. The molecular formula is C61H116N2O20. The number of rotatable bonds is 48. The maximum absolute atomic E-state index is 13.7. The molecule has 19 unspecified atom stereocenters. The molecule has 2 amide bonds. The first kappa shape index (κ1) is 75.5. The van der Waals surface area contributed by atoms with Gasteiger partial charge in [0.2, 0.25) is 11.8 Å². The summed E-state index contributed by atoms with van der Waals surface area (Å²) < 4.78 is 35.2. The lowest BCUT2D eigenvalue weighted by Gasteiger charge is -2.47. The van der Waals surface area contributed by atoms with Crippen LogP contribution in [0.1, 0.15) is 233 Å². The zero-order valence-electron chi connectivity index (χ0n) is 50.8. The molecule has 0 aromatic heterocycles. The Kier molecular flexibility index (Phi) is 40.6. The van der Waals surface area contributed by atoms with Gasteiger partial charge in [0, 0.05) is 6.92 Å². The molecule has 3 aliphatic rings. The summed E-state index contributed by atoms with van der Waals surface area (Å²) in [5.41, 5.74) is 0. The Morgan fingerprint density at radius 1 is 0.458 bits per heavy atom. The van der Waals surface area contributed by atoms with Crippen LogP contribution in [0, 0.1) is 0 Å². The minimum atomic E-state index is -2.01. The molecule has 0 radical (unpaired) electrons. The predicted molar refractivity (Wildman–Crippen MR) is 310 cm³/mol. The van der Waals surface area contributed by atoms with Crippen molar-refractivity contribution in [3.8, 4) is 0 Å². The molecule has 0 spiro atoms. The van der Waals surface area contributed by atoms with Crippen LogP contribution in [-0.2, 0) is 38.0 Å². The second-order valence-electron chi connectivity index (χ2n) is 23.9. The average molecular weight is 1200 g/mol. The summed E-state index contributed by atoms with van der Waals surface area (Å²) in [5.74, 6) is -1.48. The van der Waals surface area contributed by atoms with Gasteiger partial charge in [0.15, 0.2) is 18.9 Å². The molecule has 0 saturated carbocycles. The van der Waals surface area contributed by atoms with E-state index in [0.29, 0.717) is 12.8 Å². The number of aliphatic hydroxyl groups excluding tert-OH is 12. The lowest BCUT2D eigenvalue weighted by molar-refractivity contribution is -0.371. The topological polar surface area (TPSA) is 356 Å². The third-order valence-corrected chi connectivity index (χ3v) is 16.8. The fraction of sp³-hybridized carbons (Fsp3) is 0.967. The maximum Gasteiger partial charge on any atom is 0.249 e. The number of hydrogen-bond acceptors (Lipinski definition) is 20. The second-order valence-corrected chi connectivity index (χ2v) is 23.9. The van der Waals surface area contributed by atoms with Crippen molar-refractivity contribution in [1.82, 2.24) is 10.6 Å². The van der Waals surface area contributed by atoms with E-state index >= 15 is 0 Å². The monoisotopic (exact) mass is 1200 g/mol. The molecule has 0 bridgehead atoms. The fourth-order valence-electron chi connectivity index (χ4n) is 11.3. The molecule has 22 heteroatoms. The van der Waals surface area contributed by atoms with E-state index < -0.39 is 155 Å². The summed E-state index contributed by atoms with van der Waals surface area (Å²) in [5, 5.41) is 136. The van der Waals surface area contributed by atoms with Crippen molar-refractivity contribution in [1.29, 1.82) is 0 Å². The minimum Gasteiger partial charge on any atom is -0.394 e. The van der Waals surface area contributed by atoms with Gasteiger partial charge in [0.05, 0.1) is 38.6 Å². The van der Waals surface area contributed by atoms with Crippen molar-refractivity contribution in [2.45, 2.75) is 349 Å². The normalized spacial score (nSPS) is 30.0. The fourth-order valence-corrected chi connectivity index (χ4v) is 11.3. The van der Waals surface area contributed by atoms with Gasteiger partial charge in [0.1, 0.15) is 85.4 Å². The van der Waals surface area contributed by atoms with Crippen molar-refractivity contribution < 1.29 is 99.3 Å². The van der Waals surface area contributed by atoms with Crippen LogP contribution in [-0.4, -0.2) is 216 Å². The molecule has 0 aromatic rings. The molecule has 83 heavy (non-hydrogen) atoms. The second kappa shape index (κ2) is 44.6. The first-order valence-corrected chi connectivity index (χ1v) is 32.5. The van der Waals surface area contributed by atoms with Gasteiger partial charge >= 0.3 is 0 Å². The molecule has 22 nitrogen and oxygen atoms in total. The van der Waals surface area contributed by atoms with Gasteiger partial charge in [-0.15, -0.1) is 0 Å². The Hall–Kier alpha value is -1.78. The Morgan fingerprint density at radius 3 is 1.30 bits per heavy atom. The molecule has 14 N–H and O–H groups in total. The van der Waals surface area contributed by atoms with Crippen LogP contribution in [0.25, 0.3) is 0 Å². The summed E-state index contributed by atoms with van der Waals surface area (Å²) in [6, 6.07) is -2.82. The van der Waals surface area contributed by atoms with Gasteiger partial charge in [-0.3, -0.25) is 9.59 Å². The molecule has 3 fully saturated rings. The third-order valence-electron chi connectivity index (χ3n) is 16.8. The number of hydrogen-bond donors (Lipinski definition) is 14. The quantitative estimate of drug-likeness (QED) is 0.0382. The van der Waals surface area contributed by atoms with E-state index in [1.165, 1.54) is 135 Å². The number of carbonyl (C=O) groups excluding carboxylic acids is 2. The third kappa shape index (κ3) is 28.5. The van der Waals surface area contributed by atoms with Gasteiger partial charge in [-0.1, -0.05) is 213 Å². The van der Waals surface area contributed by atoms with Gasteiger partial charge in [-0.2, -0.15) is 0 Å². The molecule has 3 heterocycles. The van der Waals surface area contributed by atoms with E-state index in [1.807, 2.05) is 0 Å². The first-order valence-electron chi connectivity index (χ1n) is 32.5. The highest BCUT2D eigenvalue weighted by Gasteiger charge is 2.52. The summed E-state index contributed by atoms with van der Waals surface area (Å²) in [6.45, 7) is 2.66. The standard InChI is InChI=1S/C61H116N2O20/c1-4-6-8-10-12-14-16-18-19-20-21-22-24-26-28-30-32-34-36-44(68)58(77)63-42(49(69)43(67)35-33-31-29-27-25-23-17-15-13-11-9-7-5-2)39-78-61-57(83-60-56(76)54(74)51(71)46(38-65)81-60)55(75)52(72)47(82-61)40-79-59-48(62-41(3)66)53(73)50(70)45(37-64)80-59/h42-57,59-61,64-65,67-76H,4-40H2,1-3H3,(H,62,66)(H,63,77). The van der Waals surface area contributed by atoms with Crippen LogP contribution < -0.4 is 10.6 Å². The minimum absolute atomic E-state index is 0.130. The van der Waals surface area contributed by atoms with E-state index in [9.17, 15) is 70.9 Å². The van der Waals surface area contributed by atoms with E-state index in [4.69, 9.17) is 28.4 Å². The zero-order chi connectivity index (χ0) is 60.9. The number of amides is 2. The Labute approximate surface area is 495 Å². The molecular weight excluding hydrogens is 1080 g/mol. The van der Waals surface area contributed by atoms with Crippen LogP contribution in [0.15, 0.2) is 0 Å². The summed E-state index contributed by atoms with van der Waals surface area (Å²) in [7, 11) is 0. The van der Waals surface area contributed by atoms with Crippen LogP contribution in [0.4, 0.5) is 0 Å². The van der Waals surface area contributed by atoms with E-state index in [-0.39, 0.29) is 12.8 Å². The van der Waals surface area contributed by atoms with Crippen molar-refractivity contribution in [3.63, 3.8) is 0 Å². The Morgan fingerprint density at radius 2 is 0.855 bits per heavy atom. The number of ether oxygens (including phenoxy) is 6. The Balaban J connectivity index is 1.69. The van der Waals surface area contributed by atoms with Crippen LogP contribution in [0.3, 0.4) is 0 Å². The van der Waals surface area contributed by atoms with E-state index in [0.717, 1.165) is 58.3 Å². The maximum atomic E-state index is 13.7. The number of carbonyl (C=O) groups is 2. The van der Waals surface area contributed by atoms with Crippen molar-refractivity contribution in [2.24, 2.45) is 0 Å². The highest BCUT2D eigenvalue weighted by atomic mass is 16.8. The van der Waals surface area contributed by atoms with Crippen LogP contribution >= 0.6 is 0 Å². The Bertz CT molecular complexity index is 1630. The predicted octanol–water partition coefficient (Wildman–Crippen LogP) is 4.08. The van der Waals surface area contributed by atoms with E-state index in [1.54, 1.807) is 0 Å². The van der Waals surface area contributed by atoms with Gasteiger partial charge in [0.25, 0.3) is 0 Å². The molecule has 3 saturated heterocycles. The van der Waals surface area contributed by atoms with Gasteiger partial charge < -0.3 is 100 Å². The molecule has 19 atom stereocenters. The largest absolute Gasteiger partial charge is 0.394 e. The smallest absolute Gasteiger partial charge is 0.249 e. The van der Waals surface area contributed by atoms with Crippen LogP contribution in [0.2, 0.25) is 0 Å². The van der Waals surface area contributed by atoms with Crippen molar-refractivity contribution in [2.75, 3.05) is 26.4 Å². The van der Waals surface area contributed by atoms with Crippen molar-refractivity contribution in [3.05, 3.63) is 0 Å².